The van der Waals surface area contributed by atoms with Gasteiger partial charge in [-0.1, -0.05) is 12.1 Å². The Balaban J connectivity index is 1.31. The Morgan fingerprint density at radius 3 is 2.76 bits per heavy atom. The zero-order chi connectivity index (χ0) is 17.1. The molecule has 4 rings (SSSR count). The number of hydrogen-bond acceptors (Lipinski definition) is 6. The number of nitrogens with zero attached hydrogens (tertiary/aromatic N) is 2. The Hall–Kier alpha value is -1.60. The van der Waals surface area contributed by atoms with Gasteiger partial charge in [0.05, 0.1) is 6.10 Å². The number of fused-ring (bicyclic) bond motifs is 1. The molecule has 1 aromatic carbocycles. The summed E-state index contributed by atoms with van der Waals surface area (Å²) in [5.74, 6) is 1.49. The molecule has 0 spiro atoms. The second-order valence-corrected chi connectivity index (χ2v) is 7.67. The van der Waals surface area contributed by atoms with E-state index in [4.69, 9.17) is 9.47 Å². The van der Waals surface area contributed by atoms with Crippen molar-refractivity contribution in [3.63, 3.8) is 0 Å². The average molecular weight is 360 g/mol. The zero-order valence-electron chi connectivity index (χ0n) is 14.3. The fraction of sp³-hybridized carbons (Fsp3) is 0.474. The summed E-state index contributed by atoms with van der Waals surface area (Å²) in [6.45, 7) is 6.15. The molecule has 0 aliphatic carbocycles. The fourth-order valence-electron chi connectivity index (χ4n) is 3.46. The highest BCUT2D eigenvalue weighted by atomic mass is 32.1. The molecule has 1 saturated heterocycles. The lowest BCUT2D eigenvalue weighted by atomic mass is 10.1. The number of β-amino-alcohol motifs (C(OH)–C–C–N with tert-alkyl or cyclic N) is 1. The highest BCUT2D eigenvalue weighted by Gasteiger charge is 2.21. The average Bonchev–Trinajstić information content (AvgIpc) is 3.25. The van der Waals surface area contributed by atoms with Gasteiger partial charge < -0.3 is 14.6 Å². The van der Waals surface area contributed by atoms with Crippen LogP contribution >= 0.6 is 11.3 Å². The smallest absolute Gasteiger partial charge is 0.231 e. The van der Waals surface area contributed by atoms with E-state index in [2.05, 4.69) is 27.3 Å². The van der Waals surface area contributed by atoms with Crippen LogP contribution in [0.1, 0.15) is 23.0 Å². The number of rotatable bonds is 5. The van der Waals surface area contributed by atoms with Crippen LogP contribution in [-0.4, -0.2) is 54.4 Å². The van der Waals surface area contributed by atoms with Crippen LogP contribution in [0.4, 0.5) is 0 Å². The monoisotopic (exact) mass is 360 g/mol. The van der Waals surface area contributed by atoms with Crippen LogP contribution in [-0.2, 0) is 6.54 Å². The summed E-state index contributed by atoms with van der Waals surface area (Å²) in [5.41, 5.74) is 0.893. The molecule has 2 aromatic rings. The number of thiophene rings is 1. The van der Waals surface area contributed by atoms with Gasteiger partial charge in [-0.3, -0.25) is 9.80 Å². The van der Waals surface area contributed by atoms with Crippen molar-refractivity contribution in [2.45, 2.75) is 19.1 Å². The Labute approximate surface area is 152 Å². The molecular weight excluding hydrogens is 336 g/mol. The van der Waals surface area contributed by atoms with Gasteiger partial charge in [0.15, 0.2) is 11.5 Å². The summed E-state index contributed by atoms with van der Waals surface area (Å²) in [7, 11) is 0. The van der Waals surface area contributed by atoms with E-state index in [1.165, 1.54) is 4.88 Å². The fourth-order valence-corrected chi connectivity index (χ4v) is 4.20. The van der Waals surface area contributed by atoms with Crippen LogP contribution in [0.25, 0.3) is 0 Å². The summed E-state index contributed by atoms with van der Waals surface area (Å²) >= 11 is 1.82. The SMILES string of the molecule is O[C@H](CN1CCCN(Cc2cccs2)CC1)c1ccc2c(c1)OCO2. The maximum Gasteiger partial charge on any atom is 0.231 e. The summed E-state index contributed by atoms with van der Waals surface area (Å²) in [6, 6.07) is 10.0. The predicted molar refractivity (Wildman–Crippen MR) is 98.2 cm³/mol. The molecule has 5 nitrogen and oxygen atoms in total. The topological polar surface area (TPSA) is 45.2 Å². The van der Waals surface area contributed by atoms with Crippen LogP contribution < -0.4 is 9.47 Å². The van der Waals surface area contributed by atoms with Crippen molar-refractivity contribution in [2.75, 3.05) is 39.5 Å². The van der Waals surface area contributed by atoms with Gasteiger partial charge in [0, 0.05) is 31.1 Å². The van der Waals surface area contributed by atoms with E-state index in [0.29, 0.717) is 6.54 Å². The minimum Gasteiger partial charge on any atom is -0.454 e. The Morgan fingerprint density at radius 1 is 1.04 bits per heavy atom. The van der Waals surface area contributed by atoms with Gasteiger partial charge in [-0.15, -0.1) is 11.3 Å². The maximum absolute atomic E-state index is 10.6. The molecule has 1 atom stereocenters. The number of aliphatic hydroxyl groups excluding tert-OH is 1. The third-order valence-electron chi connectivity index (χ3n) is 4.85. The number of benzene rings is 1. The van der Waals surface area contributed by atoms with Crippen LogP contribution in [0.15, 0.2) is 35.7 Å². The van der Waals surface area contributed by atoms with E-state index in [0.717, 1.165) is 56.2 Å². The van der Waals surface area contributed by atoms with E-state index in [-0.39, 0.29) is 6.79 Å². The molecule has 134 valence electrons. The van der Waals surface area contributed by atoms with Crippen LogP contribution in [0.2, 0.25) is 0 Å². The molecule has 2 aliphatic heterocycles. The first-order valence-corrected chi connectivity index (χ1v) is 9.70. The highest BCUT2D eigenvalue weighted by Crippen LogP contribution is 2.34. The van der Waals surface area contributed by atoms with Crippen molar-refractivity contribution in [1.82, 2.24) is 9.80 Å². The van der Waals surface area contributed by atoms with Crippen molar-refractivity contribution in [3.8, 4) is 11.5 Å². The van der Waals surface area contributed by atoms with Crippen LogP contribution in [0.3, 0.4) is 0 Å². The second-order valence-electron chi connectivity index (χ2n) is 6.64. The van der Waals surface area contributed by atoms with Gasteiger partial charge in [-0.25, -0.2) is 0 Å². The number of aliphatic hydroxyl groups is 1. The Bertz CT molecular complexity index is 692. The molecule has 1 fully saturated rings. The van der Waals surface area contributed by atoms with E-state index in [1.807, 2.05) is 29.5 Å². The van der Waals surface area contributed by atoms with Gasteiger partial charge in [-0.2, -0.15) is 0 Å². The first-order chi connectivity index (χ1) is 12.3. The summed E-state index contributed by atoms with van der Waals surface area (Å²) in [6.07, 6.45) is 0.637. The summed E-state index contributed by atoms with van der Waals surface area (Å²) in [5, 5.41) is 12.8. The van der Waals surface area contributed by atoms with E-state index < -0.39 is 6.10 Å². The number of hydrogen-bond donors (Lipinski definition) is 1. The van der Waals surface area contributed by atoms with Crippen molar-refractivity contribution < 1.29 is 14.6 Å². The molecule has 2 aliphatic rings. The van der Waals surface area contributed by atoms with E-state index in [9.17, 15) is 5.11 Å². The van der Waals surface area contributed by atoms with E-state index in [1.54, 1.807) is 0 Å². The van der Waals surface area contributed by atoms with Crippen molar-refractivity contribution >= 4 is 11.3 Å². The summed E-state index contributed by atoms with van der Waals surface area (Å²) < 4.78 is 10.7. The molecule has 0 amide bonds. The minimum absolute atomic E-state index is 0.265. The predicted octanol–water partition coefficient (Wildman–Crippen LogP) is 2.72. The Morgan fingerprint density at radius 2 is 1.88 bits per heavy atom. The standard InChI is InChI=1S/C19H24N2O3S/c22-17(15-4-5-18-19(11-15)24-14-23-18)13-21-7-2-6-20(8-9-21)12-16-3-1-10-25-16/h1,3-5,10-11,17,22H,2,6-9,12-14H2/t17-/m1/s1. The second kappa shape index (κ2) is 7.74. The molecule has 1 aromatic heterocycles. The molecule has 0 saturated carbocycles. The van der Waals surface area contributed by atoms with Gasteiger partial charge in [0.2, 0.25) is 6.79 Å². The van der Waals surface area contributed by atoms with Gasteiger partial charge in [0.1, 0.15) is 0 Å². The van der Waals surface area contributed by atoms with Crippen LogP contribution in [0, 0.1) is 0 Å². The normalized spacial score (nSPS) is 19.7. The maximum atomic E-state index is 10.6. The minimum atomic E-state index is -0.502. The van der Waals surface area contributed by atoms with Gasteiger partial charge >= 0.3 is 0 Å². The largest absolute Gasteiger partial charge is 0.454 e. The van der Waals surface area contributed by atoms with Crippen molar-refractivity contribution in [2.24, 2.45) is 0 Å². The molecule has 0 radical (unpaired) electrons. The highest BCUT2D eigenvalue weighted by molar-refractivity contribution is 7.09. The zero-order valence-corrected chi connectivity index (χ0v) is 15.1. The third kappa shape index (κ3) is 4.15. The molecule has 6 heteroatoms. The lowest BCUT2D eigenvalue weighted by Gasteiger charge is -2.24. The van der Waals surface area contributed by atoms with Crippen molar-refractivity contribution in [3.05, 3.63) is 46.2 Å². The quantitative estimate of drug-likeness (QED) is 0.888. The number of ether oxygens (including phenoxy) is 2. The molecular formula is C19H24N2O3S. The first-order valence-electron chi connectivity index (χ1n) is 8.82. The molecule has 25 heavy (non-hydrogen) atoms. The van der Waals surface area contributed by atoms with Gasteiger partial charge in [-0.05, 0) is 48.7 Å². The van der Waals surface area contributed by atoms with Gasteiger partial charge in [0.25, 0.3) is 0 Å². The summed E-state index contributed by atoms with van der Waals surface area (Å²) in [4.78, 5) is 6.30. The first kappa shape index (κ1) is 16.8. The lowest BCUT2D eigenvalue weighted by Crippen LogP contribution is -2.33. The van der Waals surface area contributed by atoms with Crippen molar-refractivity contribution in [1.29, 1.82) is 0 Å². The molecule has 1 N–H and O–H groups in total. The Kier molecular flexibility index (Phi) is 5.22. The molecule has 0 unspecified atom stereocenters. The third-order valence-corrected chi connectivity index (χ3v) is 5.71. The lowest BCUT2D eigenvalue weighted by molar-refractivity contribution is 0.114. The molecule has 0 bridgehead atoms. The molecule has 3 heterocycles. The van der Waals surface area contributed by atoms with Crippen LogP contribution in [0.5, 0.6) is 11.5 Å². The van der Waals surface area contributed by atoms with E-state index >= 15 is 0 Å².